The molecular weight excluding hydrogens is 421 g/mol. The van der Waals surface area contributed by atoms with Gasteiger partial charge in [0.2, 0.25) is 0 Å². The van der Waals surface area contributed by atoms with Crippen LogP contribution >= 0.6 is 24.0 Å². The molecule has 2 rings (SSSR count). The zero-order chi connectivity index (χ0) is 16.7. The predicted octanol–water partition coefficient (Wildman–Crippen LogP) is 1.38. The lowest BCUT2D eigenvalue weighted by molar-refractivity contribution is 0.258. The lowest BCUT2D eigenvalue weighted by Crippen LogP contribution is -2.41. The number of nitrogens with one attached hydrogen (secondary N) is 2. The van der Waals surface area contributed by atoms with Crippen molar-refractivity contribution in [1.29, 1.82) is 0 Å². The summed E-state index contributed by atoms with van der Waals surface area (Å²) in [6, 6.07) is 4.01. The average Bonchev–Trinajstić information content (AvgIpc) is 3.16. The minimum Gasteiger partial charge on any atom is -0.468 e. The van der Waals surface area contributed by atoms with Crippen LogP contribution in [0, 0.1) is 0 Å². The molecule has 134 valence electrons. The summed E-state index contributed by atoms with van der Waals surface area (Å²) in [4.78, 5) is 10.8. The van der Waals surface area contributed by atoms with Crippen molar-refractivity contribution in [3.63, 3.8) is 0 Å². The Morgan fingerprint density at radius 3 is 2.75 bits per heavy atom. The molecule has 0 aromatic carbocycles. The fraction of sp³-hybridized carbons (Fsp3) is 0.533. The number of aliphatic imine (C=N–C) groups is 1. The van der Waals surface area contributed by atoms with Crippen molar-refractivity contribution < 1.29 is 4.42 Å². The van der Waals surface area contributed by atoms with E-state index in [1.165, 1.54) is 6.33 Å². The van der Waals surface area contributed by atoms with Gasteiger partial charge in [0.15, 0.2) is 5.96 Å². The molecule has 2 aromatic rings. The quantitative estimate of drug-likeness (QED) is 0.379. The number of aromatic nitrogens is 3. The fourth-order valence-electron chi connectivity index (χ4n) is 2.17. The second-order valence-electron chi connectivity index (χ2n) is 5.37. The van der Waals surface area contributed by atoms with Crippen LogP contribution in [0.15, 0.2) is 34.1 Å². The molecule has 0 aliphatic carbocycles. The molecule has 2 N–H and O–H groups in total. The zero-order valence-corrected chi connectivity index (χ0v) is 16.9. The van der Waals surface area contributed by atoms with Crippen LogP contribution in [-0.4, -0.2) is 52.8 Å². The highest BCUT2D eigenvalue weighted by molar-refractivity contribution is 14.0. The molecule has 2 heterocycles. The van der Waals surface area contributed by atoms with Crippen LogP contribution in [0.25, 0.3) is 0 Å². The van der Waals surface area contributed by atoms with E-state index in [-0.39, 0.29) is 30.0 Å². The lowest BCUT2D eigenvalue weighted by Gasteiger charge is -2.23. The Kier molecular flexibility index (Phi) is 8.76. The maximum Gasteiger partial charge on any atom is 0.191 e. The van der Waals surface area contributed by atoms with Crippen molar-refractivity contribution in [2.24, 2.45) is 12.0 Å². The molecule has 2 aromatic heterocycles. The van der Waals surface area contributed by atoms with Crippen molar-refractivity contribution in [2.45, 2.75) is 19.5 Å². The molecule has 8 nitrogen and oxygen atoms in total. The molecule has 0 saturated heterocycles. The normalized spacial score (nSPS) is 12.8. The highest BCUT2D eigenvalue weighted by atomic mass is 127. The van der Waals surface area contributed by atoms with Crippen LogP contribution in [-0.2, 0) is 13.6 Å². The number of furan rings is 1. The molecule has 0 saturated carbocycles. The Morgan fingerprint density at radius 1 is 1.42 bits per heavy atom. The van der Waals surface area contributed by atoms with E-state index in [2.05, 4.69) is 30.6 Å². The lowest BCUT2D eigenvalue weighted by atomic mass is 10.2. The van der Waals surface area contributed by atoms with E-state index >= 15 is 0 Å². The minimum absolute atomic E-state index is 0. The summed E-state index contributed by atoms with van der Waals surface area (Å²) in [5, 5.41) is 10.6. The zero-order valence-electron chi connectivity index (χ0n) is 14.6. The SMILES string of the molecule is CCNC(=NCc1ncnn1C)NCC(c1ccco1)N(C)C.I. The molecule has 0 amide bonds. The van der Waals surface area contributed by atoms with Crippen molar-refractivity contribution in [2.75, 3.05) is 27.2 Å². The van der Waals surface area contributed by atoms with Crippen molar-refractivity contribution in [3.05, 3.63) is 36.3 Å². The van der Waals surface area contributed by atoms with Crippen molar-refractivity contribution in [1.82, 2.24) is 30.3 Å². The van der Waals surface area contributed by atoms with E-state index in [0.29, 0.717) is 13.1 Å². The summed E-state index contributed by atoms with van der Waals surface area (Å²) in [5.74, 6) is 2.48. The Bertz CT molecular complexity index is 609. The third-order valence-corrected chi connectivity index (χ3v) is 3.49. The average molecular weight is 447 g/mol. The molecule has 0 spiro atoms. The molecule has 0 bridgehead atoms. The van der Waals surface area contributed by atoms with Gasteiger partial charge in [-0.1, -0.05) is 0 Å². The van der Waals surface area contributed by atoms with Gasteiger partial charge in [0.05, 0.1) is 12.3 Å². The maximum atomic E-state index is 5.52. The first kappa shape index (κ1) is 20.4. The fourth-order valence-corrected chi connectivity index (χ4v) is 2.17. The van der Waals surface area contributed by atoms with Gasteiger partial charge >= 0.3 is 0 Å². The number of guanidine groups is 1. The molecule has 1 atom stereocenters. The first-order valence-electron chi connectivity index (χ1n) is 7.66. The van der Waals surface area contributed by atoms with Crippen molar-refractivity contribution >= 4 is 29.9 Å². The van der Waals surface area contributed by atoms with Gasteiger partial charge < -0.3 is 15.1 Å². The van der Waals surface area contributed by atoms with E-state index in [4.69, 9.17) is 4.42 Å². The van der Waals surface area contributed by atoms with Gasteiger partial charge in [0.25, 0.3) is 0 Å². The highest BCUT2D eigenvalue weighted by Gasteiger charge is 2.17. The number of nitrogens with zero attached hydrogens (tertiary/aromatic N) is 5. The molecule has 0 fully saturated rings. The third kappa shape index (κ3) is 5.78. The van der Waals surface area contributed by atoms with Crippen LogP contribution < -0.4 is 10.6 Å². The smallest absolute Gasteiger partial charge is 0.191 e. The number of halogens is 1. The van der Waals surface area contributed by atoms with E-state index in [9.17, 15) is 0 Å². The van der Waals surface area contributed by atoms with E-state index < -0.39 is 0 Å². The number of hydrogen-bond acceptors (Lipinski definition) is 5. The summed E-state index contributed by atoms with van der Waals surface area (Å²) >= 11 is 0. The van der Waals surface area contributed by atoms with E-state index in [0.717, 1.165) is 24.1 Å². The highest BCUT2D eigenvalue weighted by Crippen LogP contribution is 2.17. The summed E-state index contributed by atoms with van der Waals surface area (Å²) in [6.45, 7) is 3.98. The largest absolute Gasteiger partial charge is 0.468 e. The predicted molar refractivity (Wildman–Crippen MR) is 104 cm³/mol. The number of hydrogen-bond donors (Lipinski definition) is 2. The van der Waals surface area contributed by atoms with Gasteiger partial charge in [0, 0.05) is 20.1 Å². The molecule has 0 aliphatic heterocycles. The van der Waals surface area contributed by atoms with Crippen LogP contribution in [0.5, 0.6) is 0 Å². The Hall–Kier alpha value is -1.62. The Morgan fingerprint density at radius 2 is 2.21 bits per heavy atom. The minimum atomic E-state index is 0. The van der Waals surface area contributed by atoms with Gasteiger partial charge in [0.1, 0.15) is 24.5 Å². The molecule has 1 unspecified atom stereocenters. The number of aryl methyl sites for hydroxylation is 1. The van der Waals surface area contributed by atoms with Gasteiger partial charge in [-0.3, -0.25) is 9.58 Å². The summed E-state index contributed by atoms with van der Waals surface area (Å²) in [5.41, 5.74) is 0. The number of rotatable bonds is 7. The second kappa shape index (κ2) is 10.3. The maximum absolute atomic E-state index is 5.52. The van der Waals surface area contributed by atoms with Gasteiger partial charge in [-0.15, -0.1) is 24.0 Å². The summed E-state index contributed by atoms with van der Waals surface area (Å²) < 4.78 is 7.24. The van der Waals surface area contributed by atoms with Crippen LogP contribution in [0.4, 0.5) is 0 Å². The van der Waals surface area contributed by atoms with Gasteiger partial charge in [-0.05, 0) is 33.2 Å². The van der Waals surface area contributed by atoms with E-state index in [1.54, 1.807) is 10.9 Å². The summed E-state index contributed by atoms with van der Waals surface area (Å²) in [7, 11) is 5.91. The van der Waals surface area contributed by atoms with Gasteiger partial charge in [-0.25, -0.2) is 9.98 Å². The van der Waals surface area contributed by atoms with Crippen molar-refractivity contribution in [3.8, 4) is 0 Å². The van der Waals surface area contributed by atoms with Crippen LogP contribution in [0.2, 0.25) is 0 Å². The molecule has 24 heavy (non-hydrogen) atoms. The number of likely N-dealkylation sites (N-methyl/N-ethyl adjacent to an activating group) is 1. The third-order valence-electron chi connectivity index (χ3n) is 3.49. The summed E-state index contributed by atoms with van der Waals surface area (Å²) in [6.07, 6.45) is 3.23. The Balaban J connectivity index is 0.00000288. The Labute approximate surface area is 159 Å². The van der Waals surface area contributed by atoms with Gasteiger partial charge in [-0.2, -0.15) is 5.10 Å². The molecule has 0 radical (unpaired) electrons. The first-order chi connectivity index (χ1) is 11.1. The van der Waals surface area contributed by atoms with Crippen LogP contribution in [0.1, 0.15) is 24.6 Å². The molecule has 9 heteroatoms. The molecular formula is C15H26IN7O. The standard InChI is InChI=1S/C15H25N7O.HI/c1-5-16-15(18-10-14-19-11-20-22(14)4)17-9-12(21(2)3)13-7-6-8-23-13;/h6-8,11-12H,5,9-10H2,1-4H3,(H2,16,17,18);1H. The monoisotopic (exact) mass is 447 g/mol. The molecule has 0 aliphatic rings. The second-order valence-corrected chi connectivity index (χ2v) is 5.37. The topological polar surface area (TPSA) is 83.5 Å². The first-order valence-corrected chi connectivity index (χ1v) is 7.66. The van der Waals surface area contributed by atoms with Crippen LogP contribution in [0.3, 0.4) is 0 Å². The van der Waals surface area contributed by atoms with E-state index in [1.807, 2.05) is 40.2 Å².